The molecule has 0 bridgehead atoms. The van der Waals surface area contributed by atoms with Crippen LogP contribution >= 0.6 is 0 Å². The standard InChI is InChI=1S/C6H11N3O/c1-3-9(5-7)4-6(10)8-2/h3-4H2,1-2H3,(H,8,10). The Labute approximate surface area is 60.4 Å². The van der Waals surface area contributed by atoms with E-state index in [9.17, 15) is 4.79 Å². The molecule has 0 aliphatic carbocycles. The van der Waals surface area contributed by atoms with Crippen LogP contribution in [0.15, 0.2) is 0 Å². The highest BCUT2D eigenvalue weighted by Crippen LogP contribution is 1.81. The number of nitriles is 1. The van der Waals surface area contributed by atoms with E-state index in [1.54, 1.807) is 7.05 Å². The molecule has 4 nitrogen and oxygen atoms in total. The van der Waals surface area contributed by atoms with Gasteiger partial charge in [0.1, 0.15) is 6.54 Å². The molecule has 1 amide bonds. The highest BCUT2D eigenvalue weighted by atomic mass is 16.1. The smallest absolute Gasteiger partial charge is 0.240 e. The predicted molar refractivity (Wildman–Crippen MR) is 36.9 cm³/mol. The lowest BCUT2D eigenvalue weighted by molar-refractivity contribution is -0.121. The molecule has 0 saturated carbocycles. The Morgan fingerprint density at radius 1 is 1.80 bits per heavy atom. The Kier molecular flexibility index (Phi) is 4.05. The highest BCUT2D eigenvalue weighted by molar-refractivity contribution is 5.77. The number of carbonyl (C=O) groups excluding carboxylic acids is 1. The van der Waals surface area contributed by atoms with E-state index in [2.05, 4.69) is 5.32 Å². The Balaban J connectivity index is 3.66. The monoisotopic (exact) mass is 141 g/mol. The third kappa shape index (κ3) is 2.92. The Morgan fingerprint density at radius 2 is 2.40 bits per heavy atom. The first kappa shape index (κ1) is 8.76. The summed E-state index contributed by atoms with van der Waals surface area (Å²) in [6.07, 6.45) is 1.89. The molecule has 0 unspecified atom stereocenters. The minimum atomic E-state index is -0.136. The van der Waals surface area contributed by atoms with Crippen LogP contribution in [0.3, 0.4) is 0 Å². The van der Waals surface area contributed by atoms with Crippen LogP contribution in [-0.4, -0.2) is 30.9 Å². The van der Waals surface area contributed by atoms with E-state index >= 15 is 0 Å². The van der Waals surface area contributed by atoms with Gasteiger partial charge in [0.2, 0.25) is 5.91 Å². The van der Waals surface area contributed by atoms with Gasteiger partial charge in [0.25, 0.3) is 0 Å². The molecule has 0 atom stereocenters. The SMILES string of the molecule is CCN(C#N)CC(=O)NC. The molecule has 0 aromatic heterocycles. The van der Waals surface area contributed by atoms with E-state index in [1.807, 2.05) is 13.1 Å². The Hall–Kier alpha value is -1.24. The van der Waals surface area contributed by atoms with Gasteiger partial charge in [-0.2, -0.15) is 5.26 Å². The van der Waals surface area contributed by atoms with Crippen molar-refractivity contribution in [3.05, 3.63) is 0 Å². The molecule has 0 rings (SSSR count). The number of likely N-dealkylation sites (N-methyl/N-ethyl adjacent to an activating group) is 2. The lowest BCUT2D eigenvalue weighted by Crippen LogP contribution is -2.32. The second-order valence-corrected chi connectivity index (χ2v) is 1.79. The fourth-order valence-corrected chi connectivity index (χ4v) is 0.470. The van der Waals surface area contributed by atoms with Crippen LogP contribution in [0.4, 0.5) is 0 Å². The number of hydrogen-bond donors (Lipinski definition) is 1. The van der Waals surface area contributed by atoms with Crippen molar-refractivity contribution in [1.82, 2.24) is 10.2 Å². The van der Waals surface area contributed by atoms with Gasteiger partial charge in [-0.3, -0.25) is 4.79 Å². The number of nitrogens with zero attached hydrogens (tertiary/aromatic N) is 2. The van der Waals surface area contributed by atoms with Crippen LogP contribution in [-0.2, 0) is 4.79 Å². The zero-order chi connectivity index (χ0) is 7.98. The van der Waals surface area contributed by atoms with E-state index in [0.717, 1.165) is 0 Å². The zero-order valence-corrected chi connectivity index (χ0v) is 6.22. The number of rotatable bonds is 3. The molecule has 10 heavy (non-hydrogen) atoms. The van der Waals surface area contributed by atoms with E-state index < -0.39 is 0 Å². The molecule has 0 aromatic carbocycles. The van der Waals surface area contributed by atoms with E-state index in [-0.39, 0.29) is 12.5 Å². The quantitative estimate of drug-likeness (QED) is 0.427. The first-order valence-electron chi connectivity index (χ1n) is 3.09. The Bertz CT molecular complexity index is 150. The van der Waals surface area contributed by atoms with Gasteiger partial charge in [-0.1, -0.05) is 0 Å². The van der Waals surface area contributed by atoms with Gasteiger partial charge in [-0.25, -0.2) is 0 Å². The summed E-state index contributed by atoms with van der Waals surface area (Å²) in [6.45, 7) is 2.56. The third-order valence-corrected chi connectivity index (χ3v) is 1.14. The van der Waals surface area contributed by atoms with Crippen molar-refractivity contribution in [2.45, 2.75) is 6.92 Å². The lowest BCUT2D eigenvalue weighted by Gasteiger charge is -2.09. The van der Waals surface area contributed by atoms with Gasteiger partial charge in [0.05, 0.1) is 0 Å². The maximum atomic E-state index is 10.6. The second-order valence-electron chi connectivity index (χ2n) is 1.79. The fraction of sp³-hybridized carbons (Fsp3) is 0.667. The van der Waals surface area contributed by atoms with Crippen LogP contribution in [0.1, 0.15) is 6.92 Å². The van der Waals surface area contributed by atoms with Crippen molar-refractivity contribution in [3.63, 3.8) is 0 Å². The molecule has 56 valence electrons. The molecule has 0 aromatic rings. The maximum Gasteiger partial charge on any atom is 0.240 e. The zero-order valence-electron chi connectivity index (χ0n) is 6.22. The van der Waals surface area contributed by atoms with Gasteiger partial charge >= 0.3 is 0 Å². The van der Waals surface area contributed by atoms with Gasteiger partial charge in [-0.05, 0) is 6.92 Å². The summed E-state index contributed by atoms with van der Waals surface area (Å²) in [5, 5.41) is 10.8. The molecule has 0 heterocycles. The molecule has 0 radical (unpaired) electrons. The topological polar surface area (TPSA) is 56.1 Å². The molecule has 1 N–H and O–H groups in total. The van der Waals surface area contributed by atoms with E-state index in [4.69, 9.17) is 5.26 Å². The van der Waals surface area contributed by atoms with Crippen molar-refractivity contribution < 1.29 is 4.79 Å². The molecule has 0 aliphatic heterocycles. The lowest BCUT2D eigenvalue weighted by atomic mass is 10.5. The van der Waals surface area contributed by atoms with Crippen molar-refractivity contribution in [1.29, 1.82) is 5.26 Å². The number of hydrogen-bond acceptors (Lipinski definition) is 3. The van der Waals surface area contributed by atoms with Gasteiger partial charge in [0, 0.05) is 13.6 Å². The van der Waals surface area contributed by atoms with Crippen LogP contribution in [0, 0.1) is 11.5 Å². The maximum absolute atomic E-state index is 10.6. The molecular formula is C6H11N3O. The van der Waals surface area contributed by atoms with E-state index in [0.29, 0.717) is 6.54 Å². The summed E-state index contributed by atoms with van der Waals surface area (Å²) >= 11 is 0. The van der Waals surface area contributed by atoms with Crippen molar-refractivity contribution >= 4 is 5.91 Å². The summed E-state index contributed by atoms with van der Waals surface area (Å²) in [6, 6.07) is 0. The molecular weight excluding hydrogens is 130 g/mol. The van der Waals surface area contributed by atoms with Crippen molar-refractivity contribution in [3.8, 4) is 6.19 Å². The van der Waals surface area contributed by atoms with Gasteiger partial charge in [-0.15, -0.1) is 0 Å². The molecule has 0 aliphatic rings. The van der Waals surface area contributed by atoms with Gasteiger partial charge < -0.3 is 10.2 Å². The van der Waals surface area contributed by atoms with Crippen LogP contribution in [0.25, 0.3) is 0 Å². The highest BCUT2D eigenvalue weighted by Gasteiger charge is 2.02. The van der Waals surface area contributed by atoms with E-state index in [1.165, 1.54) is 4.90 Å². The van der Waals surface area contributed by atoms with Gasteiger partial charge in [0.15, 0.2) is 6.19 Å². The number of nitrogens with one attached hydrogen (secondary N) is 1. The van der Waals surface area contributed by atoms with Crippen molar-refractivity contribution in [2.75, 3.05) is 20.1 Å². The van der Waals surface area contributed by atoms with Crippen LogP contribution in [0.5, 0.6) is 0 Å². The average Bonchev–Trinajstić information content (AvgIpc) is 1.99. The summed E-state index contributed by atoms with van der Waals surface area (Å²) < 4.78 is 0. The largest absolute Gasteiger partial charge is 0.358 e. The average molecular weight is 141 g/mol. The van der Waals surface area contributed by atoms with Crippen LogP contribution in [0.2, 0.25) is 0 Å². The Morgan fingerprint density at radius 3 is 2.70 bits per heavy atom. The van der Waals surface area contributed by atoms with Crippen LogP contribution < -0.4 is 5.32 Å². The first-order chi connectivity index (χ1) is 4.74. The summed E-state index contributed by atoms with van der Waals surface area (Å²) in [7, 11) is 1.55. The van der Waals surface area contributed by atoms with Crippen molar-refractivity contribution in [2.24, 2.45) is 0 Å². The molecule has 0 fully saturated rings. The molecule has 4 heteroatoms. The molecule has 0 saturated heterocycles. The molecule has 0 spiro atoms. The summed E-state index contributed by atoms with van der Waals surface area (Å²) in [5.74, 6) is -0.136. The first-order valence-corrected chi connectivity index (χ1v) is 3.09. The minimum Gasteiger partial charge on any atom is -0.358 e. The minimum absolute atomic E-state index is 0.136. The number of amides is 1. The second kappa shape index (κ2) is 4.62. The normalized spacial score (nSPS) is 8.10. The third-order valence-electron chi connectivity index (χ3n) is 1.14. The number of carbonyl (C=O) groups is 1. The summed E-state index contributed by atoms with van der Waals surface area (Å²) in [4.78, 5) is 12.0. The predicted octanol–water partition coefficient (Wildman–Crippen LogP) is -0.465. The summed E-state index contributed by atoms with van der Waals surface area (Å²) in [5.41, 5.74) is 0. The fourth-order valence-electron chi connectivity index (χ4n) is 0.470.